The summed E-state index contributed by atoms with van der Waals surface area (Å²) in [4.78, 5) is 27.9. The van der Waals surface area contributed by atoms with Gasteiger partial charge in [0, 0.05) is 56.7 Å². The number of hydrogen-bond acceptors (Lipinski definition) is 4. The van der Waals surface area contributed by atoms with Gasteiger partial charge in [-0.15, -0.1) is 0 Å². The molecule has 0 saturated carbocycles. The van der Waals surface area contributed by atoms with Gasteiger partial charge in [-0.2, -0.15) is 0 Å². The van der Waals surface area contributed by atoms with E-state index in [2.05, 4.69) is 161 Å². The molecule has 0 amide bonds. The first kappa shape index (κ1) is 32.2. The Labute approximate surface area is 318 Å². The molecule has 3 aromatic carbocycles. The van der Waals surface area contributed by atoms with Crippen molar-refractivity contribution in [3.05, 3.63) is 180 Å². The monoisotopic (exact) mass is 706 g/mol. The quantitative estimate of drug-likeness (QED) is 0.187. The minimum Gasteiger partial charge on any atom is -0.354 e. The zero-order valence-electron chi connectivity index (χ0n) is 30.0. The van der Waals surface area contributed by atoms with Gasteiger partial charge in [-0.3, -0.25) is 9.97 Å². The van der Waals surface area contributed by atoms with Crippen molar-refractivity contribution in [1.29, 1.82) is 0 Å². The lowest BCUT2D eigenvalue weighted by atomic mass is 10.0. The van der Waals surface area contributed by atoms with E-state index in [0.717, 1.165) is 106 Å². The van der Waals surface area contributed by atoms with Crippen LogP contribution in [0.2, 0.25) is 0 Å². The van der Waals surface area contributed by atoms with E-state index in [9.17, 15) is 0 Å². The summed E-state index contributed by atoms with van der Waals surface area (Å²) >= 11 is 0. The topological polar surface area (TPSA) is 83.1 Å². The molecule has 0 aliphatic carbocycles. The predicted molar refractivity (Wildman–Crippen MR) is 226 cm³/mol. The minimum absolute atomic E-state index is 0.797. The summed E-state index contributed by atoms with van der Waals surface area (Å²) in [6.45, 7) is 2.07. The Kier molecular flexibility index (Phi) is 7.92. The molecular formula is C49H34N6. The third-order valence-corrected chi connectivity index (χ3v) is 10.2. The fourth-order valence-corrected chi connectivity index (χ4v) is 7.64. The van der Waals surface area contributed by atoms with Gasteiger partial charge in [-0.1, -0.05) is 91.0 Å². The molecule has 2 aliphatic heterocycles. The van der Waals surface area contributed by atoms with Gasteiger partial charge in [0.1, 0.15) is 0 Å². The molecule has 260 valence electrons. The Morgan fingerprint density at radius 3 is 1.13 bits per heavy atom. The van der Waals surface area contributed by atoms with Crippen LogP contribution in [0.5, 0.6) is 0 Å². The van der Waals surface area contributed by atoms with Crippen LogP contribution in [0.25, 0.3) is 102 Å². The molecule has 6 heteroatoms. The van der Waals surface area contributed by atoms with Crippen LogP contribution < -0.4 is 0 Å². The van der Waals surface area contributed by atoms with Crippen molar-refractivity contribution < 1.29 is 0 Å². The van der Waals surface area contributed by atoms with Crippen LogP contribution in [-0.4, -0.2) is 29.9 Å². The summed E-state index contributed by atoms with van der Waals surface area (Å²) < 4.78 is 0. The van der Waals surface area contributed by atoms with Crippen molar-refractivity contribution >= 4 is 46.4 Å². The molecule has 0 unspecified atom stereocenters. The second-order valence-electron chi connectivity index (χ2n) is 13.7. The number of aromatic nitrogens is 6. The first-order chi connectivity index (χ1) is 27.2. The molecule has 0 spiro atoms. The summed E-state index contributed by atoms with van der Waals surface area (Å²) in [6, 6.07) is 48.3. The summed E-state index contributed by atoms with van der Waals surface area (Å²) in [6.07, 6.45) is 12.2. The SMILES string of the molecule is Cc1ccnc(-c2cc(-c3c4nc(c(-c5ccccc5)c5ccc([nH]5)c(-c5ccccc5)c5nc(c(-c6ccccc6)c6ccc3[nH]6)C=C5)C=C4)ccn2)c1. The molecule has 10 rings (SSSR count). The van der Waals surface area contributed by atoms with E-state index in [-0.39, 0.29) is 0 Å². The molecule has 0 radical (unpaired) electrons. The van der Waals surface area contributed by atoms with Crippen molar-refractivity contribution in [2.75, 3.05) is 0 Å². The predicted octanol–water partition coefficient (Wildman–Crippen LogP) is 12.1. The van der Waals surface area contributed by atoms with Crippen LogP contribution in [0.15, 0.2) is 152 Å². The average Bonchev–Trinajstić information content (AvgIpc) is 4.07. The molecule has 2 N–H and O–H groups in total. The van der Waals surface area contributed by atoms with Gasteiger partial charge in [-0.05, 0) is 108 Å². The maximum Gasteiger partial charge on any atom is 0.0892 e. The van der Waals surface area contributed by atoms with Crippen LogP contribution in [0.4, 0.5) is 0 Å². The maximum absolute atomic E-state index is 5.43. The molecule has 8 bridgehead atoms. The summed E-state index contributed by atoms with van der Waals surface area (Å²) in [7, 11) is 0. The number of nitrogens with one attached hydrogen (secondary N) is 2. The first-order valence-electron chi connectivity index (χ1n) is 18.4. The van der Waals surface area contributed by atoms with Crippen LogP contribution in [0.1, 0.15) is 28.3 Å². The second-order valence-corrected chi connectivity index (χ2v) is 13.7. The standard InChI is InChI=1S/C49H34N6/c1-31-25-27-50-44(29-31)45-30-35(26-28-51-45)49-42-23-21-40(54-42)47(33-13-7-3-8-14-33)38-19-17-36(52-38)46(32-11-5-2-6-12-32)37-18-20-39(53-37)48(34-15-9-4-10-16-34)41-22-24-43(49)55-41/h2-30,52,55H,1H3. The van der Waals surface area contributed by atoms with Crippen LogP contribution in [0, 0.1) is 6.92 Å². The van der Waals surface area contributed by atoms with Crippen molar-refractivity contribution in [3.8, 4) is 55.9 Å². The Morgan fingerprint density at radius 1 is 0.364 bits per heavy atom. The van der Waals surface area contributed by atoms with Gasteiger partial charge in [-0.25, -0.2) is 9.97 Å². The third-order valence-electron chi connectivity index (χ3n) is 10.2. The number of hydrogen-bond donors (Lipinski definition) is 2. The molecule has 0 fully saturated rings. The van der Waals surface area contributed by atoms with Crippen molar-refractivity contribution in [3.63, 3.8) is 0 Å². The molecular weight excluding hydrogens is 673 g/mol. The molecule has 5 aromatic heterocycles. The van der Waals surface area contributed by atoms with E-state index >= 15 is 0 Å². The van der Waals surface area contributed by atoms with Gasteiger partial charge in [0.15, 0.2) is 0 Å². The molecule has 8 aromatic rings. The lowest BCUT2D eigenvalue weighted by Crippen LogP contribution is -1.92. The molecule has 0 atom stereocenters. The maximum atomic E-state index is 5.43. The highest BCUT2D eigenvalue weighted by atomic mass is 14.8. The van der Waals surface area contributed by atoms with Gasteiger partial charge < -0.3 is 9.97 Å². The van der Waals surface area contributed by atoms with E-state index < -0.39 is 0 Å². The number of nitrogens with zero attached hydrogens (tertiary/aromatic N) is 4. The summed E-state index contributed by atoms with van der Waals surface area (Å²) in [5.41, 5.74) is 18.3. The molecule has 7 heterocycles. The highest BCUT2D eigenvalue weighted by Gasteiger charge is 2.19. The molecule has 2 aliphatic rings. The van der Waals surface area contributed by atoms with E-state index in [1.807, 2.05) is 36.7 Å². The van der Waals surface area contributed by atoms with Gasteiger partial charge in [0.25, 0.3) is 0 Å². The lowest BCUT2D eigenvalue weighted by Gasteiger charge is -2.08. The summed E-state index contributed by atoms with van der Waals surface area (Å²) in [5, 5.41) is 0. The number of aromatic amines is 2. The van der Waals surface area contributed by atoms with Crippen molar-refractivity contribution in [2.45, 2.75) is 6.92 Å². The first-order valence-corrected chi connectivity index (χ1v) is 18.4. The lowest BCUT2D eigenvalue weighted by molar-refractivity contribution is 1.23. The number of pyridine rings is 2. The average molecular weight is 707 g/mol. The Hall–Kier alpha value is -7.44. The fourth-order valence-electron chi connectivity index (χ4n) is 7.64. The van der Waals surface area contributed by atoms with E-state index in [1.165, 1.54) is 0 Å². The van der Waals surface area contributed by atoms with Gasteiger partial charge in [0.2, 0.25) is 0 Å². The number of benzene rings is 3. The normalized spacial score (nSPS) is 11.9. The molecule has 0 saturated heterocycles. The number of aryl methyl sites for hydroxylation is 1. The Bertz CT molecular complexity index is 2940. The number of fused-ring (bicyclic) bond motifs is 8. The number of H-pyrrole nitrogens is 2. The van der Waals surface area contributed by atoms with Gasteiger partial charge >= 0.3 is 0 Å². The van der Waals surface area contributed by atoms with E-state index in [4.69, 9.17) is 15.0 Å². The smallest absolute Gasteiger partial charge is 0.0892 e. The second kappa shape index (κ2) is 13.5. The van der Waals surface area contributed by atoms with Gasteiger partial charge in [0.05, 0.1) is 34.2 Å². The van der Waals surface area contributed by atoms with Crippen molar-refractivity contribution in [2.24, 2.45) is 0 Å². The molecule has 6 nitrogen and oxygen atoms in total. The van der Waals surface area contributed by atoms with Crippen molar-refractivity contribution in [1.82, 2.24) is 29.9 Å². The van der Waals surface area contributed by atoms with E-state index in [0.29, 0.717) is 0 Å². The van der Waals surface area contributed by atoms with E-state index in [1.54, 1.807) is 0 Å². The highest BCUT2D eigenvalue weighted by molar-refractivity contribution is 6.00. The number of rotatable bonds is 5. The van der Waals surface area contributed by atoms with Crippen LogP contribution in [-0.2, 0) is 0 Å². The zero-order chi connectivity index (χ0) is 36.7. The molecule has 55 heavy (non-hydrogen) atoms. The Morgan fingerprint density at radius 2 is 0.727 bits per heavy atom. The van der Waals surface area contributed by atoms with Crippen LogP contribution in [0.3, 0.4) is 0 Å². The third kappa shape index (κ3) is 5.96. The minimum atomic E-state index is 0.797. The Balaban J connectivity index is 1.36. The highest BCUT2D eigenvalue weighted by Crippen LogP contribution is 2.38. The van der Waals surface area contributed by atoms with Crippen LogP contribution >= 0.6 is 0 Å². The fraction of sp³-hybridized carbons (Fsp3) is 0.0204. The largest absolute Gasteiger partial charge is 0.354 e. The zero-order valence-corrected chi connectivity index (χ0v) is 30.0. The summed E-state index contributed by atoms with van der Waals surface area (Å²) in [5.74, 6) is 0.